The largest absolute Gasteiger partial charge is 0.445 e. The zero-order valence-corrected chi connectivity index (χ0v) is 29.5. The van der Waals surface area contributed by atoms with Gasteiger partial charge in [0.2, 0.25) is 13.9 Å². The molecular weight excluding hydrogens is 637 g/mol. The number of anilines is 1. The highest BCUT2D eigenvalue weighted by Gasteiger charge is 2.71. The topological polar surface area (TPSA) is 128 Å². The third-order valence-electron chi connectivity index (χ3n) is 9.33. The number of rotatable bonds is 10. The molecule has 47 heavy (non-hydrogen) atoms. The molecule has 2 amide bonds. The van der Waals surface area contributed by atoms with Crippen molar-refractivity contribution < 1.29 is 36.7 Å². The summed E-state index contributed by atoms with van der Waals surface area (Å²) in [5, 5.41) is 2.62. The van der Waals surface area contributed by atoms with E-state index in [0.29, 0.717) is 4.31 Å². The smallest absolute Gasteiger partial charge is 0.408 e. The number of carbonyl (C=O) groups is 3. The second-order valence-electron chi connectivity index (χ2n) is 13.1. The maximum atomic E-state index is 14.8. The Morgan fingerprint density at radius 2 is 1.47 bits per heavy atom. The third-order valence-corrected chi connectivity index (χ3v) is 17.1. The van der Waals surface area contributed by atoms with E-state index in [4.69, 9.17) is 13.9 Å². The molecule has 1 spiro atoms. The Balaban J connectivity index is 1.64. The molecule has 0 radical (unpaired) electrons. The van der Waals surface area contributed by atoms with Gasteiger partial charge in [-0.15, -0.1) is 0 Å². The number of benzene rings is 3. The van der Waals surface area contributed by atoms with Crippen molar-refractivity contribution in [1.82, 2.24) is 5.32 Å². The Morgan fingerprint density at radius 1 is 0.894 bits per heavy atom. The van der Waals surface area contributed by atoms with Crippen LogP contribution in [0.25, 0.3) is 0 Å². The highest BCUT2D eigenvalue weighted by Crippen LogP contribution is 2.54. The van der Waals surface area contributed by atoms with Crippen LogP contribution in [-0.4, -0.2) is 46.9 Å². The van der Waals surface area contributed by atoms with Crippen LogP contribution in [0.4, 0.5) is 10.5 Å². The van der Waals surface area contributed by atoms with Gasteiger partial charge in [-0.3, -0.25) is 4.79 Å². The summed E-state index contributed by atoms with van der Waals surface area (Å²) >= 11 is 0. The molecule has 1 fully saturated rings. The Bertz CT molecular complexity index is 1740. The number of sulfonamides is 1. The fourth-order valence-corrected chi connectivity index (χ4v) is 14.2. The Morgan fingerprint density at radius 3 is 2.06 bits per heavy atom. The molecule has 0 unspecified atom stereocenters. The molecule has 5 rings (SSSR count). The van der Waals surface area contributed by atoms with E-state index in [9.17, 15) is 22.8 Å². The number of para-hydroxylation sites is 1. The van der Waals surface area contributed by atoms with Crippen molar-refractivity contribution in [3.8, 4) is 0 Å². The number of nitrogens with zero attached hydrogens (tertiary/aromatic N) is 1. The van der Waals surface area contributed by atoms with Crippen LogP contribution in [-0.2, 0) is 45.7 Å². The van der Waals surface area contributed by atoms with Crippen LogP contribution >= 0.6 is 0 Å². The molecule has 3 aromatic rings. The van der Waals surface area contributed by atoms with Crippen LogP contribution < -0.4 is 9.62 Å². The summed E-state index contributed by atoms with van der Waals surface area (Å²) in [5.41, 5.74) is -0.349. The van der Waals surface area contributed by atoms with Gasteiger partial charge < -0.3 is 19.2 Å². The predicted molar refractivity (Wildman–Crippen MR) is 180 cm³/mol. The van der Waals surface area contributed by atoms with Gasteiger partial charge in [-0.25, -0.2) is 18.0 Å². The molecule has 12 heteroatoms. The first-order valence-corrected chi connectivity index (χ1v) is 19.4. The second-order valence-corrected chi connectivity index (χ2v) is 20.3. The second kappa shape index (κ2) is 12.9. The van der Waals surface area contributed by atoms with Gasteiger partial charge in [0.25, 0.3) is 15.9 Å². The fourth-order valence-electron chi connectivity index (χ4n) is 7.21. The Labute approximate surface area is 277 Å². The SMILES string of the molecule is Cc1ccc(S(=O)(=O)N2C(=O)[C@@]3(OC(=O)[C@@H](NC(=O)OCc4ccccc4)[C@@H]3O[Si](C(C)C)(C(C)C)C(C)C)c3ccccc32)cc1. The van der Waals surface area contributed by atoms with Gasteiger partial charge in [0.15, 0.2) is 6.04 Å². The summed E-state index contributed by atoms with van der Waals surface area (Å²) in [5.74, 6) is -1.91. The number of aryl methyl sites for hydroxylation is 1. The summed E-state index contributed by atoms with van der Waals surface area (Å²) in [7, 11) is -7.37. The van der Waals surface area contributed by atoms with Crippen molar-refractivity contribution in [2.24, 2.45) is 0 Å². The zero-order valence-electron chi connectivity index (χ0n) is 27.7. The number of esters is 1. The summed E-state index contributed by atoms with van der Waals surface area (Å²) < 4.78 is 47.7. The van der Waals surface area contributed by atoms with Gasteiger partial charge in [-0.05, 0) is 47.3 Å². The molecular formula is C35H42N2O8SSi. The first kappa shape index (κ1) is 34.3. The van der Waals surface area contributed by atoms with E-state index >= 15 is 0 Å². The summed E-state index contributed by atoms with van der Waals surface area (Å²) in [6, 6.07) is 20.1. The van der Waals surface area contributed by atoms with Crippen LogP contribution in [0, 0.1) is 6.92 Å². The fraction of sp³-hybridized carbons (Fsp3) is 0.400. The molecule has 10 nitrogen and oxygen atoms in total. The van der Waals surface area contributed by atoms with Gasteiger partial charge in [-0.1, -0.05) is 108 Å². The lowest BCUT2D eigenvalue weighted by atomic mass is 9.88. The molecule has 0 aliphatic carbocycles. The highest BCUT2D eigenvalue weighted by atomic mass is 32.2. The molecule has 0 bridgehead atoms. The van der Waals surface area contributed by atoms with E-state index in [-0.39, 0.29) is 39.4 Å². The first-order valence-electron chi connectivity index (χ1n) is 15.8. The minimum atomic E-state index is -4.46. The number of hydrogen-bond acceptors (Lipinski definition) is 8. The number of nitrogens with one attached hydrogen (secondary N) is 1. The molecule has 3 atom stereocenters. The van der Waals surface area contributed by atoms with E-state index in [1.807, 2.05) is 66.7 Å². The van der Waals surface area contributed by atoms with Crippen LogP contribution in [0.3, 0.4) is 0 Å². The van der Waals surface area contributed by atoms with Gasteiger partial charge in [0.05, 0.1) is 10.6 Å². The van der Waals surface area contributed by atoms with Crippen molar-refractivity contribution in [1.29, 1.82) is 0 Å². The summed E-state index contributed by atoms with van der Waals surface area (Å²) in [4.78, 5) is 41.8. The van der Waals surface area contributed by atoms with E-state index in [0.717, 1.165) is 11.1 Å². The van der Waals surface area contributed by atoms with Crippen molar-refractivity contribution >= 4 is 42.0 Å². The minimum absolute atomic E-state index is 0.0140. The molecule has 0 aromatic heterocycles. The molecule has 2 heterocycles. The number of amides is 2. The molecule has 3 aromatic carbocycles. The van der Waals surface area contributed by atoms with Gasteiger partial charge in [-0.2, -0.15) is 4.31 Å². The number of ether oxygens (including phenoxy) is 2. The van der Waals surface area contributed by atoms with Crippen LogP contribution in [0.2, 0.25) is 16.6 Å². The quantitative estimate of drug-likeness (QED) is 0.194. The maximum absolute atomic E-state index is 14.8. The lowest BCUT2D eigenvalue weighted by Crippen LogP contribution is -2.61. The zero-order chi connectivity index (χ0) is 34.3. The number of fused-ring (bicyclic) bond motifs is 2. The number of hydrogen-bond donors (Lipinski definition) is 1. The minimum Gasteiger partial charge on any atom is -0.445 e. The third kappa shape index (κ3) is 5.76. The van der Waals surface area contributed by atoms with Crippen molar-refractivity contribution in [3.05, 3.63) is 95.6 Å². The van der Waals surface area contributed by atoms with Gasteiger partial charge >= 0.3 is 12.1 Å². The van der Waals surface area contributed by atoms with Gasteiger partial charge in [0.1, 0.15) is 12.7 Å². The first-order chi connectivity index (χ1) is 22.2. The average molecular weight is 679 g/mol. The normalized spacial score (nSPS) is 21.1. The van der Waals surface area contributed by atoms with Crippen LogP contribution in [0.5, 0.6) is 0 Å². The van der Waals surface area contributed by atoms with Crippen molar-refractivity contribution in [3.63, 3.8) is 0 Å². The lowest BCUT2D eigenvalue weighted by molar-refractivity contribution is -0.161. The van der Waals surface area contributed by atoms with Crippen LogP contribution in [0.15, 0.2) is 83.8 Å². The molecule has 2 aliphatic heterocycles. The van der Waals surface area contributed by atoms with Crippen molar-refractivity contribution in [2.45, 2.75) is 94.3 Å². The average Bonchev–Trinajstić information content (AvgIpc) is 3.44. The molecule has 250 valence electrons. The Hall–Kier alpha value is -4.00. The Kier molecular flexibility index (Phi) is 9.42. The lowest BCUT2D eigenvalue weighted by Gasteiger charge is -2.46. The van der Waals surface area contributed by atoms with E-state index in [1.54, 1.807) is 42.5 Å². The standard InChI is InChI=1S/C35H42N2O8SSi/c1-22(2)47(23(3)4,24(5)6)45-31-30(36-34(40)43-21-26-13-9-8-10-14-26)32(38)44-35(31)28-15-11-12-16-29(28)37(33(35)39)46(41,42)27-19-17-25(7)18-20-27/h8-20,22-24,30-31H,21H2,1-7H3,(H,36,40)/t30-,31-,35+/m0/s1. The van der Waals surface area contributed by atoms with E-state index in [2.05, 4.69) is 5.32 Å². The highest BCUT2D eigenvalue weighted by molar-refractivity contribution is 7.93. The summed E-state index contributed by atoms with van der Waals surface area (Å²) in [6.45, 7) is 14.1. The number of carbonyl (C=O) groups excluding carboxylic acids is 3. The molecule has 2 aliphatic rings. The summed E-state index contributed by atoms with van der Waals surface area (Å²) in [6.07, 6.45) is -2.31. The molecule has 1 N–H and O–H groups in total. The molecule has 1 saturated heterocycles. The maximum Gasteiger partial charge on any atom is 0.408 e. The number of alkyl carbamates (subject to hydrolysis) is 1. The van der Waals surface area contributed by atoms with E-state index < -0.39 is 54.1 Å². The van der Waals surface area contributed by atoms with Gasteiger partial charge in [0, 0.05) is 5.56 Å². The van der Waals surface area contributed by atoms with E-state index in [1.165, 1.54) is 18.2 Å². The van der Waals surface area contributed by atoms with Crippen molar-refractivity contribution in [2.75, 3.05) is 4.31 Å². The van der Waals surface area contributed by atoms with Crippen LogP contribution in [0.1, 0.15) is 58.2 Å². The predicted octanol–water partition coefficient (Wildman–Crippen LogP) is 6.34. The molecule has 0 saturated carbocycles. The monoisotopic (exact) mass is 678 g/mol.